The van der Waals surface area contributed by atoms with E-state index < -0.39 is 30.1 Å². The molecule has 1 atom stereocenters. The zero-order valence-electron chi connectivity index (χ0n) is 15.6. The number of terminal acetylenes is 1. The minimum Gasteiger partial charge on any atom is -0.467 e. The summed E-state index contributed by atoms with van der Waals surface area (Å²) in [4.78, 5) is 3.96. The Bertz CT molecular complexity index is 1040. The highest BCUT2D eigenvalue weighted by Gasteiger charge is 2.43. The van der Waals surface area contributed by atoms with Gasteiger partial charge in [-0.05, 0) is 19.0 Å². The number of nitrogens with zero attached hydrogens (tertiary/aromatic N) is 1. The molecule has 0 fully saturated rings. The van der Waals surface area contributed by atoms with Gasteiger partial charge in [-0.1, -0.05) is 17.5 Å². The third kappa shape index (κ3) is 3.06. The largest absolute Gasteiger partial charge is 0.467 e. The van der Waals surface area contributed by atoms with Gasteiger partial charge in [-0.3, -0.25) is 0 Å². The van der Waals surface area contributed by atoms with Gasteiger partial charge in [0.05, 0.1) is 30.1 Å². The average Bonchev–Trinajstić information content (AvgIpc) is 3.25. The van der Waals surface area contributed by atoms with Crippen molar-refractivity contribution in [3.63, 3.8) is 0 Å². The number of hydrogen-bond donors (Lipinski definition) is 2. The van der Waals surface area contributed by atoms with Crippen LogP contribution in [0.3, 0.4) is 0 Å². The second-order valence-corrected chi connectivity index (χ2v) is 5.54. The minimum absolute atomic E-state index is 0.0262. The maximum Gasteiger partial charge on any atom is 0.320 e. The van der Waals surface area contributed by atoms with Crippen LogP contribution >= 0.6 is 11.6 Å². The van der Waals surface area contributed by atoms with E-state index in [-0.39, 0.29) is 28.5 Å². The molecular weight excluding hydrogens is 352 g/mol. The zero-order chi connectivity index (χ0) is 20.7. The first-order valence-electron chi connectivity index (χ1n) is 8.55. The molecule has 0 aliphatic heterocycles. The van der Waals surface area contributed by atoms with Gasteiger partial charge in [-0.2, -0.15) is 8.78 Å². The van der Waals surface area contributed by atoms with E-state index in [1.807, 2.05) is 0 Å². The fourth-order valence-corrected chi connectivity index (χ4v) is 2.47. The Morgan fingerprint density at radius 3 is 3.04 bits per heavy atom. The standard InChI is InChI=1S/C17H14ClF2N3O2/c1-3-11-14-15(25-16(11)17(19,20)9(2)21)12(7-13(18)23-14)22-8-10-5-4-6-24-10/h1,4-7,9H,8,21H2,2H3,(H,22,23)/t9-/m0/s1/i2D3. The van der Waals surface area contributed by atoms with Crippen molar-refractivity contribution < 1.29 is 21.7 Å². The van der Waals surface area contributed by atoms with E-state index in [0.29, 0.717) is 5.76 Å². The molecule has 3 aromatic rings. The quantitative estimate of drug-likeness (QED) is 0.523. The lowest BCUT2D eigenvalue weighted by molar-refractivity contribution is -0.0446. The molecule has 0 saturated carbocycles. The van der Waals surface area contributed by atoms with Crippen LogP contribution in [0.4, 0.5) is 14.5 Å². The van der Waals surface area contributed by atoms with Crippen LogP contribution in [0.15, 0.2) is 33.3 Å². The summed E-state index contributed by atoms with van der Waals surface area (Å²) in [5.41, 5.74) is 4.89. The highest BCUT2D eigenvalue weighted by atomic mass is 35.5. The van der Waals surface area contributed by atoms with Gasteiger partial charge in [0.25, 0.3) is 0 Å². The third-order valence-electron chi connectivity index (χ3n) is 3.48. The van der Waals surface area contributed by atoms with E-state index in [2.05, 4.69) is 16.2 Å². The van der Waals surface area contributed by atoms with E-state index in [1.54, 1.807) is 12.1 Å². The lowest BCUT2D eigenvalue weighted by atomic mass is 10.1. The zero-order valence-corrected chi connectivity index (χ0v) is 13.4. The highest BCUT2D eigenvalue weighted by Crippen LogP contribution is 2.40. The van der Waals surface area contributed by atoms with Crippen molar-refractivity contribution in [1.82, 2.24) is 4.98 Å². The summed E-state index contributed by atoms with van der Waals surface area (Å²) in [5, 5.41) is 2.91. The van der Waals surface area contributed by atoms with E-state index in [0.717, 1.165) is 0 Å². The smallest absolute Gasteiger partial charge is 0.320 e. The van der Waals surface area contributed by atoms with Crippen LogP contribution in [0.1, 0.15) is 28.0 Å². The van der Waals surface area contributed by atoms with Gasteiger partial charge < -0.3 is 19.9 Å². The molecule has 0 aliphatic rings. The Labute approximate surface area is 151 Å². The first kappa shape index (κ1) is 13.7. The summed E-state index contributed by atoms with van der Waals surface area (Å²) < 4.78 is 61.7. The number of rotatable bonds is 5. The average molecular weight is 369 g/mol. The van der Waals surface area contributed by atoms with Gasteiger partial charge in [0, 0.05) is 10.2 Å². The van der Waals surface area contributed by atoms with Crippen LogP contribution in [-0.4, -0.2) is 11.0 Å². The predicted octanol–water partition coefficient (Wildman–Crippen LogP) is 4.11. The summed E-state index contributed by atoms with van der Waals surface area (Å²) >= 11 is 5.99. The molecular formula is C17H14ClF2N3O2. The Hall–Kier alpha value is -2.56. The van der Waals surface area contributed by atoms with Crippen molar-refractivity contribution in [3.05, 3.63) is 46.7 Å². The second kappa shape index (κ2) is 6.39. The number of aromatic nitrogens is 1. The molecule has 0 saturated heterocycles. The topological polar surface area (TPSA) is 77.2 Å². The molecule has 0 unspecified atom stereocenters. The highest BCUT2D eigenvalue weighted by molar-refractivity contribution is 6.30. The van der Waals surface area contributed by atoms with E-state index >= 15 is 0 Å². The number of hydrogen-bond acceptors (Lipinski definition) is 5. The van der Waals surface area contributed by atoms with Crippen LogP contribution < -0.4 is 11.1 Å². The Balaban J connectivity index is 2.13. The molecule has 0 amide bonds. The molecule has 0 bridgehead atoms. The van der Waals surface area contributed by atoms with Crippen LogP contribution in [-0.2, 0) is 12.5 Å². The van der Waals surface area contributed by atoms with Gasteiger partial charge >= 0.3 is 5.92 Å². The normalized spacial score (nSPS) is 15.2. The molecule has 3 aromatic heterocycles. The monoisotopic (exact) mass is 368 g/mol. The van der Waals surface area contributed by atoms with Crippen LogP contribution in [0, 0.1) is 12.3 Å². The molecule has 130 valence electrons. The van der Waals surface area contributed by atoms with Crippen LogP contribution in [0.25, 0.3) is 11.1 Å². The van der Waals surface area contributed by atoms with Crippen molar-refractivity contribution in [2.75, 3.05) is 5.32 Å². The second-order valence-electron chi connectivity index (χ2n) is 5.15. The fraction of sp³-hybridized carbons (Fsp3) is 0.235. The number of pyridine rings is 1. The van der Waals surface area contributed by atoms with Crippen molar-refractivity contribution in [1.29, 1.82) is 0 Å². The lowest BCUT2D eigenvalue weighted by Crippen LogP contribution is -2.36. The number of halogens is 3. The third-order valence-corrected chi connectivity index (χ3v) is 3.67. The molecule has 3 rings (SSSR count). The molecule has 3 N–H and O–H groups in total. The molecule has 3 heterocycles. The lowest BCUT2D eigenvalue weighted by Gasteiger charge is -2.17. The fourth-order valence-electron chi connectivity index (χ4n) is 2.27. The van der Waals surface area contributed by atoms with Gasteiger partial charge in [0.15, 0.2) is 11.3 Å². The molecule has 5 nitrogen and oxygen atoms in total. The number of nitrogens with two attached hydrogens (primary N) is 1. The maximum absolute atomic E-state index is 14.8. The van der Waals surface area contributed by atoms with Crippen molar-refractivity contribution in [2.45, 2.75) is 25.4 Å². The van der Waals surface area contributed by atoms with E-state index in [1.165, 1.54) is 12.3 Å². The van der Waals surface area contributed by atoms with Crippen molar-refractivity contribution >= 4 is 28.4 Å². The van der Waals surface area contributed by atoms with E-state index in [9.17, 15) is 8.78 Å². The van der Waals surface area contributed by atoms with Crippen molar-refractivity contribution in [2.24, 2.45) is 5.73 Å². The molecule has 0 radical (unpaired) electrons. The first-order chi connectivity index (χ1) is 13.1. The van der Waals surface area contributed by atoms with Crippen LogP contribution in [0.2, 0.25) is 5.15 Å². The molecule has 0 aliphatic carbocycles. The summed E-state index contributed by atoms with van der Waals surface area (Å²) in [7, 11) is 0. The summed E-state index contributed by atoms with van der Waals surface area (Å²) in [6.45, 7) is -2.94. The number of nitrogens with one attached hydrogen (secondary N) is 1. The van der Waals surface area contributed by atoms with Gasteiger partial charge in [0.1, 0.15) is 16.4 Å². The number of fused-ring (bicyclic) bond motifs is 1. The molecule has 8 heteroatoms. The van der Waals surface area contributed by atoms with E-state index in [4.69, 9.17) is 36.7 Å². The summed E-state index contributed by atoms with van der Waals surface area (Å²) in [6, 6.07) is 2.23. The predicted molar refractivity (Wildman–Crippen MR) is 90.5 cm³/mol. The summed E-state index contributed by atoms with van der Waals surface area (Å²) in [6.07, 6.45) is 6.85. The molecule has 25 heavy (non-hydrogen) atoms. The Kier molecular flexibility index (Phi) is 3.50. The van der Waals surface area contributed by atoms with Crippen molar-refractivity contribution in [3.8, 4) is 12.3 Å². The van der Waals surface area contributed by atoms with Gasteiger partial charge in [-0.15, -0.1) is 6.42 Å². The van der Waals surface area contributed by atoms with Gasteiger partial charge in [0.2, 0.25) is 0 Å². The van der Waals surface area contributed by atoms with Gasteiger partial charge in [-0.25, -0.2) is 4.98 Å². The Morgan fingerprint density at radius 1 is 1.60 bits per heavy atom. The Morgan fingerprint density at radius 2 is 2.40 bits per heavy atom. The molecule has 0 aromatic carbocycles. The number of alkyl halides is 2. The minimum atomic E-state index is -4.07. The van der Waals surface area contributed by atoms with Crippen LogP contribution in [0.5, 0.6) is 0 Å². The SMILES string of the molecule is [2H]C([2H])([2H])[C@H](N)C(F)(F)c1oc2c(NCc3ccco3)cc(Cl)nc2c1C#C. The number of anilines is 1. The summed E-state index contributed by atoms with van der Waals surface area (Å²) in [5.74, 6) is -2.48. The first-order valence-corrected chi connectivity index (χ1v) is 7.43. The number of furan rings is 2. The maximum atomic E-state index is 14.8. The molecule has 0 spiro atoms.